The maximum atomic E-state index is 5.91. The smallest absolute Gasteiger partial charge is 0.0378 e. The zero-order valence-corrected chi connectivity index (χ0v) is 12.1. The standard InChI is InChI=1S/C13H20BrN3/c1-10(15)12-4-3-11(9-13(12)14)17-7-5-16(2)6-8-17/h3-4,9-10H,5-8,15H2,1-2H3/t10-/m0/s1. The number of halogens is 1. The molecule has 1 heterocycles. The first-order valence-corrected chi connectivity index (χ1v) is 6.86. The lowest BCUT2D eigenvalue weighted by Crippen LogP contribution is -2.44. The van der Waals surface area contributed by atoms with E-state index >= 15 is 0 Å². The molecule has 0 spiro atoms. The molecule has 2 N–H and O–H groups in total. The van der Waals surface area contributed by atoms with Gasteiger partial charge in [0.25, 0.3) is 0 Å². The number of hydrogen-bond acceptors (Lipinski definition) is 3. The lowest BCUT2D eigenvalue weighted by atomic mass is 10.1. The van der Waals surface area contributed by atoms with Gasteiger partial charge < -0.3 is 15.5 Å². The fourth-order valence-electron chi connectivity index (χ4n) is 2.15. The van der Waals surface area contributed by atoms with Gasteiger partial charge in [-0.3, -0.25) is 0 Å². The monoisotopic (exact) mass is 297 g/mol. The second-order valence-corrected chi connectivity index (χ2v) is 5.64. The Labute approximate surface area is 112 Å². The van der Waals surface area contributed by atoms with Crippen LogP contribution in [0.5, 0.6) is 0 Å². The SMILES string of the molecule is C[C@H](N)c1ccc(N2CCN(C)CC2)cc1Br. The van der Waals surface area contributed by atoms with E-state index in [1.165, 1.54) is 11.3 Å². The number of likely N-dealkylation sites (N-methyl/N-ethyl adjacent to an activating group) is 1. The summed E-state index contributed by atoms with van der Waals surface area (Å²) in [7, 11) is 2.17. The van der Waals surface area contributed by atoms with Crippen LogP contribution >= 0.6 is 15.9 Å². The second-order valence-electron chi connectivity index (χ2n) is 4.78. The van der Waals surface area contributed by atoms with Gasteiger partial charge in [-0.15, -0.1) is 0 Å². The number of nitrogens with zero attached hydrogens (tertiary/aromatic N) is 2. The van der Waals surface area contributed by atoms with E-state index in [1.54, 1.807) is 0 Å². The third-order valence-electron chi connectivity index (χ3n) is 3.34. The Morgan fingerprint density at radius 3 is 2.41 bits per heavy atom. The highest BCUT2D eigenvalue weighted by Gasteiger charge is 2.15. The van der Waals surface area contributed by atoms with Crippen molar-refractivity contribution in [3.05, 3.63) is 28.2 Å². The minimum absolute atomic E-state index is 0.0749. The molecule has 1 aromatic carbocycles. The molecule has 17 heavy (non-hydrogen) atoms. The van der Waals surface area contributed by atoms with Gasteiger partial charge in [0.15, 0.2) is 0 Å². The van der Waals surface area contributed by atoms with Crippen molar-refractivity contribution in [2.75, 3.05) is 38.1 Å². The molecule has 1 aliphatic heterocycles. The lowest BCUT2D eigenvalue weighted by molar-refractivity contribution is 0.313. The fourth-order valence-corrected chi connectivity index (χ4v) is 2.87. The van der Waals surface area contributed by atoms with E-state index in [4.69, 9.17) is 5.73 Å². The van der Waals surface area contributed by atoms with Crippen LogP contribution in [0.15, 0.2) is 22.7 Å². The first-order chi connectivity index (χ1) is 8.08. The summed E-state index contributed by atoms with van der Waals surface area (Å²) < 4.78 is 1.11. The molecule has 4 heteroatoms. The molecular weight excluding hydrogens is 278 g/mol. The Balaban J connectivity index is 2.14. The van der Waals surface area contributed by atoms with Crippen LogP contribution in [0.1, 0.15) is 18.5 Å². The molecule has 0 unspecified atom stereocenters. The summed E-state index contributed by atoms with van der Waals surface area (Å²) in [5.74, 6) is 0. The van der Waals surface area contributed by atoms with Gasteiger partial charge in [0.2, 0.25) is 0 Å². The van der Waals surface area contributed by atoms with Gasteiger partial charge in [0, 0.05) is 42.4 Å². The van der Waals surface area contributed by atoms with E-state index in [1.807, 2.05) is 6.92 Å². The number of piperazine rings is 1. The average molecular weight is 298 g/mol. The van der Waals surface area contributed by atoms with Gasteiger partial charge in [-0.1, -0.05) is 22.0 Å². The average Bonchev–Trinajstić information content (AvgIpc) is 2.29. The predicted octanol–water partition coefficient (Wildman–Crippen LogP) is 2.22. The van der Waals surface area contributed by atoms with Crippen molar-refractivity contribution in [1.82, 2.24) is 4.90 Å². The minimum Gasteiger partial charge on any atom is -0.369 e. The molecule has 1 saturated heterocycles. The zero-order valence-electron chi connectivity index (χ0n) is 10.5. The third-order valence-corrected chi connectivity index (χ3v) is 4.03. The molecule has 1 fully saturated rings. The number of hydrogen-bond donors (Lipinski definition) is 1. The molecule has 1 aliphatic rings. The summed E-state index contributed by atoms with van der Waals surface area (Å²) in [5, 5.41) is 0. The van der Waals surface area contributed by atoms with Crippen LogP contribution in [0.3, 0.4) is 0 Å². The van der Waals surface area contributed by atoms with Crippen LogP contribution in [0.25, 0.3) is 0 Å². The number of anilines is 1. The second kappa shape index (κ2) is 5.38. The van der Waals surface area contributed by atoms with Crippen molar-refractivity contribution in [3.8, 4) is 0 Å². The number of rotatable bonds is 2. The Hall–Kier alpha value is -0.580. The predicted molar refractivity (Wildman–Crippen MR) is 76.5 cm³/mol. The first-order valence-electron chi connectivity index (χ1n) is 6.06. The van der Waals surface area contributed by atoms with Crippen LogP contribution in [0, 0.1) is 0 Å². The third kappa shape index (κ3) is 3.00. The normalized spacial score (nSPS) is 19.4. The minimum atomic E-state index is 0.0749. The van der Waals surface area contributed by atoms with Crippen molar-refractivity contribution in [2.24, 2.45) is 5.73 Å². The first kappa shape index (κ1) is 12.9. The van der Waals surface area contributed by atoms with Crippen molar-refractivity contribution >= 4 is 21.6 Å². The summed E-state index contributed by atoms with van der Waals surface area (Å²) in [6.45, 7) is 6.47. The van der Waals surface area contributed by atoms with E-state index in [0.717, 1.165) is 30.7 Å². The maximum Gasteiger partial charge on any atom is 0.0378 e. The van der Waals surface area contributed by atoms with Gasteiger partial charge in [0.05, 0.1) is 0 Å². The van der Waals surface area contributed by atoms with Crippen molar-refractivity contribution in [3.63, 3.8) is 0 Å². The number of benzene rings is 1. The molecule has 0 aliphatic carbocycles. The van der Waals surface area contributed by atoms with Crippen molar-refractivity contribution in [1.29, 1.82) is 0 Å². The molecular formula is C13H20BrN3. The summed E-state index contributed by atoms with van der Waals surface area (Å²) in [6, 6.07) is 6.56. The molecule has 3 nitrogen and oxygen atoms in total. The van der Waals surface area contributed by atoms with Crippen LogP contribution in [0.4, 0.5) is 5.69 Å². The molecule has 0 saturated carbocycles. The fraction of sp³-hybridized carbons (Fsp3) is 0.538. The Morgan fingerprint density at radius 2 is 1.88 bits per heavy atom. The van der Waals surface area contributed by atoms with Gasteiger partial charge in [-0.25, -0.2) is 0 Å². The van der Waals surface area contributed by atoms with Gasteiger partial charge in [-0.05, 0) is 31.7 Å². The molecule has 1 atom stereocenters. The highest BCUT2D eigenvalue weighted by atomic mass is 79.9. The van der Waals surface area contributed by atoms with E-state index in [-0.39, 0.29) is 6.04 Å². The Bertz CT molecular complexity index is 384. The van der Waals surface area contributed by atoms with Crippen LogP contribution in [-0.4, -0.2) is 38.1 Å². The highest BCUT2D eigenvalue weighted by Crippen LogP contribution is 2.27. The van der Waals surface area contributed by atoms with Gasteiger partial charge >= 0.3 is 0 Å². The topological polar surface area (TPSA) is 32.5 Å². The largest absolute Gasteiger partial charge is 0.369 e. The highest BCUT2D eigenvalue weighted by molar-refractivity contribution is 9.10. The Kier molecular flexibility index (Phi) is 4.07. The molecule has 2 rings (SSSR count). The Morgan fingerprint density at radius 1 is 1.24 bits per heavy atom. The van der Waals surface area contributed by atoms with E-state index < -0.39 is 0 Å². The summed E-state index contributed by atoms with van der Waals surface area (Å²) in [5.41, 5.74) is 8.37. The quantitative estimate of drug-likeness (QED) is 0.908. The van der Waals surface area contributed by atoms with E-state index in [9.17, 15) is 0 Å². The number of nitrogens with two attached hydrogens (primary N) is 1. The van der Waals surface area contributed by atoms with E-state index in [2.05, 4.69) is 51.0 Å². The molecule has 0 aromatic heterocycles. The zero-order chi connectivity index (χ0) is 12.4. The van der Waals surface area contributed by atoms with Gasteiger partial charge in [0.1, 0.15) is 0 Å². The van der Waals surface area contributed by atoms with Gasteiger partial charge in [-0.2, -0.15) is 0 Å². The van der Waals surface area contributed by atoms with E-state index in [0.29, 0.717) is 0 Å². The summed E-state index contributed by atoms with van der Waals surface area (Å²) in [4.78, 5) is 4.79. The molecule has 0 bridgehead atoms. The lowest BCUT2D eigenvalue weighted by Gasteiger charge is -2.34. The molecule has 94 valence electrons. The maximum absolute atomic E-state index is 5.91. The summed E-state index contributed by atoms with van der Waals surface area (Å²) >= 11 is 3.61. The van der Waals surface area contributed by atoms with Crippen LogP contribution in [-0.2, 0) is 0 Å². The van der Waals surface area contributed by atoms with Crippen LogP contribution < -0.4 is 10.6 Å². The molecule has 1 aromatic rings. The van der Waals surface area contributed by atoms with Crippen molar-refractivity contribution in [2.45, 2.75) is 13.0 Å². The molecule has 0 radical (unpaired) electrons. The van der Waals surface area contributed by atoms with Crippen molar-refractivity contribution < 1.29 is 0 Å². The van der Waals surface area contributed by atoms with Crippen LogP contribution in [0.2, 0.25) is 0 Å². The molecule has 0 amide bonds. The summed E-state index contributed by atoms with van der Waals surface area (Å²) in [6.07, 6.45) is 0.